The second kappa shape index (κ2) is 25.0. The predicted molar refractivity (Wildman–Crippen MR) is 235 cm³/mol. The molecule has 0 aromatic heterocycles. The van der Waals surface area contributed by atoms with E-state index in [1.165, 1.54) is 57.8 Å². The lowest BCUT2D eigenvalue weighted by Gasteiger charge is -2.50. The van der Waals surface area contributed by atoms with Crippen molar-refractivity contribution in [1.82, 2.24) is 15.5 Å². The van der Waals surface area contributed by atoms with E-state index in [1.54, 1.807) is 4.90 Å². The normalized spacial score (nSPS) is 29.2. The van der Waals surface area contributed by atoms with Crippen LogP contribution in [-0.2, 0) is 23.8 Å². The van der Waals surface area contributed by atoms with Crippen LogP contribution in [0.5, 0.6) is 0 Å². The molecule has 5 rings (SSSR count). The Bertz CT molecular complexity index is 1330. The highest BCUT2D eigenvalue weighted by atomic mass is 16.6. The zero-order chi connectivity index (χ0) is 41.9. The van der Waals surface area contributed by atoms with Crippen molar-refractivity contribution in [3.8, 4) is 0 Å². The van der Waals surface area contributed by atoms with E-state index in [-0.39, 0.29) is 36.0 Å². The molecule has 2 saturated heterocycles. The highest BCUT2D eigenvalue weighted by molar-refractivity contribution is 5.82. The highest BCUT2D eigenvalue weighted by Crippen LogP contribution is 2.46. The van der Waals surface area contributed by atoms with Crippen molar-refractivity contribution in [1.29, 1.82) is 0 Å². The molecule has 1 amide bonds. The van der Waals surface area contributed by atoms with Gasteiger partial charge in [0, 0.05) is 38.8 Å². The van der Waals surface area contributed by atoms with Crippen LogP contribution in [0.1, 0.15) is 187 Å². The Morgan fingerprint density at radius 1 is 0.915 bits per heavy atom. The van der Waals surface area contributed by atoms with Gasteiger partial charge in [-0.1, -0.05) is 103 Å². The van der Waals surface area contributed by atoms with E-state index in [0.717, 1.165) is 109 Å². The van der Waals surface area contributed by atoms with Crippen LogP contribution in [0, 0.1) is 5.92 Å². The first-order chi connectivity index (χ1) is 28.8. The van der Waals surface area contributed by atoms with Crippen molar-refractivity contribution in [2.45, 2.75) is 229 Å². The fourth-order valence-electron chi connectivity index (χ4n) is 10.7. The number of allylic oxidation sites excluding steroid dienone is 1. The fourth-order valence-corrected chi connectivity index (χ4v) is 10.7. The number of amides is 1. The van der Waals surface area contributed by atoms with Crippen LogP contribution in [0.25, 0.3) is 0 Å². The summed E-state index contributed by atoms with van der Waals surface area (Å²) in [5, 5.41) is 17.9. The second-order valence-corrected chi connectivity index (χ2v) is 18.5. The number of ether oxygens (including phenoxy) is 3. The molecule has 8 atom stereocenters. The number of carbonyl (C=O) groups excluding carboxylic acids is 2. The van der Waals surface area contributed by atoms with Crippen molar-refractivity contribution in [2.75, 3.05) is 32.8 Å². The topological polar surface area (TPSA) is 164 Å². The van der Waals surface area contributed by atoms with Crippen molar-refractivity contribution in [3.05, 3.63) is 12.2 Å². The van der Waals surface area contributed by atoms with E-state index in [1.807, 2.05) is 0 Å². The van der Waals surface area contributed by atoms with Crippen LogP contribution in [-0.4, -0.2) is 107 Å². The Labute approximate surface area is 357 Å². The average molecular weight is 830 g/mol. The van der Waals surface area contributed by atoms with E-state index < -0.39 is 17.6 Å². The molecule has 5 aliphatic heterocycles. The van der Waals surface area contributed by atoms with Gasteiger partial charge >= 0.3 is 11.9 Å². The Morgan fingerprint density at radius 3 is 2.31 bits per heavy atom. The molecule has 12 heteroatoms. The van der Waals surface area contributed by atoms with Gasteiger partial charge in [-0.15, -0.1) is 0 Å². The molecule has 0 radical (unpaired) electrons. The first-order valence-electron chi connectivity index (χ1n) is 24.5. The van der Waals surface area contributed by atoms with E-state index in [9.17, 15) is 14.7 Å². The smallest absolute Gasteiger partial charge is 0.350 e. The molecule has 59 heavy (non-hydrogen) atoms. The Balaban J connectivity index is 0.967. The Hall–Kier alpha value is -2.25. The summed E-state index contributed by atoms with van der Waals surface area (Å²) in [6, 6.07) is 0.390. The number of nitrogens with two attached hydrogens (primary N) is 2. The number of nitrogens with one attached hydrogen (secondary N) is 2. The lowest BCUT2D eigenvalue weighted by molar-refractivity contribution is -0.609. The monoisotopic (exact) mass is 830 g/mol. The van der Waals surface area contributed by atoms with E-state index in [4.69, 9.17) is 25.7 Å². The maximum Gasteiger partial charge on any atom is 0.350 e. The predicted octanol–water partition coefficient (Wildman–Crippen LogP) is 6.90. The quantitative estimate of drug-likeness (QED) is 0.0255. The van der Waals surface area contributed by atoms with Crippen molar-refractivity contribution < 1.29 is 33.5 Å². The number of aliphatic hydroxyl groups excluding tert-OH is 1. The molecule has 0 aromatic rings. The average Bonchev–Trinajstić information content (AvgIpc) is 3.53. The maximum absolute atomic E-state index is 14.2. The number of rotatable bonds is 27. The van der Waals surface area contributed by atoms with E-state index in [0.29, 0.717) is 51.7 Å². The first-order valence-corrected chi connectivity index (χ1v) is 24.5. The summed E-state index contributed by atoms with van der Waals surface area (Å²) in [6.45, 7) is 6.82. The summed E-state index contributed by atoms with van der Waals surface area (Å²) in [5.74, 6) is 0.679. The van der Waals surface area contributed by atoms with Crippen LogP contribution < -0.4 is 22.1 Å². The van der Waals surface area contributed by atoms with Gasteiger partial charge in [-0.25, -0.2) is 10.6 Å². The molecule has 0 aliphatic carbocycles. The van der Waals surface area contributed by atoms with Crippen molar-refractivity contribution >= 4 is 17.8 Å². The molecule has 7 N–H and O–H groups in total. The van der Waals surface area contributed by atoms with Gasteiger partial charge in [-0.2, -0.15) is 0 Å². The van der Waals surface area contributed by atoms with Gasteiger partial charge in [0.25, 0.3) is 0 Å². The Kier molecular flexibility index (Phi) is 20.3. The summed E-state index contributed by atoms with van der Waals surface area (Å²) in [7, 11) is 0. The first kappa shape index (κ1) is 47.8. The molecule has 0 bridgehead atoms. The Morgan fingerprint density at radius 2 is 1.63 bits per heavy atom. The molecule has 12 nitrogen and oxygen atoms in total. The largest absolute Gasteiger partial charge is 0.465 e. The zero-order valence-electron chi connectivity index (χ0n) is 37.3. The number of carbonyl (C=O) groups is 2. The van der Waals surface area contributed by atoms with Gasteiger partial charge in [-0.3, -0.25) is 14.2 Å². The summed E-state index contributed by atoms with van der Waals surface area (Å²) in [6.07, 6.45) is 32.0. The maximum atomic E-state index is 14.2. The second-order valence-electron chi connectivity index (χ2n) is 18.5. The van der Waals surface area contributed by atoms with Crippen LogP contribution in [0.3, 0.4) is 0 Å². The molecule has 1 unspecified atom stereocenters. The van der Waals surface area contributed by atoms with Crippen LogP contribution in [0.4, 0.5) is 0 Å². The molecule has 0 saturated carbocycles. The summed E-state index contributed by atoms with van der Waals surface area (Å²) in [4.78, 5) is 28.7. The third-order valence-corrected chi connectivity index (χ3v) is 13.8. The molecule has 2 fully saturated rings. The molecule has 338 valence electrons. The SMILES string of the molecule is CCC[C@H]1CCC[C@]2(NC3=[N+]4[C@H](CC[C@H]4[C@H]2C(=O)OCCCCCCCCCCCCCCCC(=O)N(CCCN)CC(O)CCN)C[C@]2(CCC=C[C@@H](CC)O2)N3)O1. The standard InChI is InChI=1S/C47H84N6O6/c1-3-22-40-24-20-30-47(59-40)43(41-27-26-37-35-46(50-45(51-47)53(37)41)29-18-17-23-39(4-2)58-46)44(56)57-34-19-15-13-11-9-7-5-6-8-10-12-14-16-25-42(55)52(33-21-31-48)36-38(54)28-32-49/h17,23,37-41,43,54H,3-16,18-22,24-36,48-49H2,1-2H3,(H,50,51)/p+1/t37-,38?,39-,40+,41+,43+,46-,47+/m1/s1. The lowest BCUT2D eigenvalue weighted by atomic mass is 9.80. The summed E-state index contributed by atoms with van der Waals surface area (Å²) < 4.78 is 22.5. The highest BCUT2D eigenvalue weighted by Gasteiger charge is 2.65. The van der Waals surface area contributed by atoms with Gasteiger partial charge < -0.3 is 35.7 Å². The fraction of sp³-hybridized carbons (Fsp3) is 0.894. The number of hydrogen-bond donors (Lipinski definition) is 5. The van der Waals surface area contributed by atoms with Crippen molar-refractivity contribution in [3.63, 3.8) is 0 Å². The van der Waals surface area contributed by atoms with E-state index >= 15 is 0 Å². The van der Waals surface area contributed by atoms with Gasteiger partial charge in [-0.05, 0) is 83.7 Å². The molecule has 2 spiro atoms. The number of guanidine groups is 1. The van der Waals surface area contributed by atoms with Crippen molar-refractivity contribution in [2.24, 2.45) is 17.4 Å². The number of unbranched alkanes of at least 4 members (excludes halogenated alkanes) is 12. The number of nitrogens with zero attached hydrogens (tertiary/aromatic N) is 2. The molecular formula is C47H85N6O6+. The van der Waals surface area contributed by atoms with E-state index in [2.05, 4.69) is 41.2 Å². The summed E-state index contributed by atoms with van der Waals surface area (Å²) >= 11 is 0. The summed E-state index contributed by atoms with van der Waals surface area (Å²) in [5.41, 5.74) is 10.0. The van der Waals surface area contributed by atoms with Gasteiger partial charge in [0.15, 0.2) is 11.6 Å². The third kappa shape index (κ3) is 13.9. The van der Waals surface area contributed by atoms with Gasteiger partial charge in [0.05, 0.1) is 37.0 Å². The number of esters is 1. The van der Waals surface area contributed by atoms with Gasteiger partial charge in [0.1, 0.15) is 0 Å². The molecule has 5 aliphatic rings. The molecule has 5 heterocycles. The zero-order valence-corrected chi connectivity index (χ0v) is 37.3. The minimum Gasteiger partial charge on any atom is -0.465 e. The lowest BCUT2D eigenvalue weighted by Crippen LogP contribution is -2.76. The third-order valence-electron chi connectivity index (χ3n) is 13.8. The van der Waals surface area contributed by atoms with Crippen LogP contribution in [0.15, 0.2) is 12.2 Å². The number of hydrogen-bond acceptors (Lipinski definition) is 10. The minimum atomic E-state index is -0.761. The van der Waals surface area contributed by atoms with Crippen LogP contribution >= 0.6 is 0 Å². The minimum absolute atomic E-state index is 0.0620. The molecular weight excluding hydrogens is 745 g/mol. The number of aliphatic hydroxyl groups is 1. The molecule has 0 aromatic carbocycles. The van der Waals surface area contributed by atoms with Gasteiger partial charge in [0.2, 0.25) is 11.6 Å². The van der Waals surface area contributed by atoms with Crippen LogP contribution in [0.2, 0.25) is 0 Å².